The second-order valence-corrected chi connectivity index (χ2v) is 4.12. The zero-order chi connectivity index (χ0) is 12.1. The Morgan fingerprint density at radius 3 is 2.71 bits per heavy atom. The van der Waals surface area contributed by atoms with Crippen molar-refractivity contribution in [3.05, 3.63) is 24.4 Å². The van der Waals surface area contributed by atoms with E-state index in [0.717, 1.165) is 32.0 Å². The van der Waals surface area contributed by atoms with Gasteiger partial charge >= 0.3 is 0 Å². The Hall–Kier alpha value is -1.69. The van der Waals surface area contributed by atoms with E-state index in [1.54, 1.807) is 0 Å². The van der Waals surface area contributed by atoms with Crippen LogP contribution in [0.5, 0.6) is 0 Å². The molecule has 0 atom stereocenters. The number of hydrogen-bond donors (Lipinski definition) is 1. The molecule has 1 fully saturated rings. The van der Waals surface area contributed by atoms with Gasteiger partial charge in [0.1, 0.15) is 5.82 Å². The Bertz CT molecular complexity index is 386. The molecule has 1 aliphatic rings. The van der Waals surface area contributed by atoms with E-state index in [4.69, 9.17) is 12.2 Å². The van der Waals surface area contributed by atoms with Gasteiger partial charge in [-0.2, -0.15) is 5.10 Å². The molecule has 1 aromatic rings. The van der Waals surface area contributed by atoms with Crippen molar-refractivity contribution >= 4 is 29.9 Å². The predicted octanol–water partition coefficient (Wildman–Crippen LogP) is 0.694. The van der Waals surface area contributed by atoms with Gasteiger partial charge in [-0.25, -0.2) is 4.98 Å². The molecule has 0 radical (unpaired) electrons. The number of piperazine rings is 1. The summed E-state index contributed by atoms with van der Waals surface area (Å²) in [6, 6.07) is 5.95. The van der Waals surface area contributed by atoms with Crippen LogP contribution in [0, 0.1) is 0 Å². The lowest BCUT2D eigenvalue weighted by atomic mass is 10.3. The van der Waals surface area contributed by atoms with Crippen molar-refractivity contribution in [2.24, 2.45) is 5.10 Å². The Balaban J connectivity index is 1.90. The predicted molar refractivity (Wildman–Crippen MR) is 73.3 cm³/mol. The molecule has 0 aliphatic carbocycles. The lowest BCUT2D eigenvalue weighted by Gasteiger charge is -2.36. The van der Waals surface area contributed by atoms with Crippen LogP contribution in [0.4, 0.5) is 5.82 Å². The Morgan fingerprint density at radius 1 is 1.35 bits per heavy atom. The summed E-state index contributed by atoms with van der Waals surface area (Å²) in [7, 11) is 0. The monoisotopic (exact) mass is 249 g/mol. The zero-order valence-electron chi connectivity index (χ0n) is 9.54. The van der Waals surface area contributed by atoms with Gasteiger partial charge in [-0.1, -0.05) is 6.07 Å². The summed E-state index contributed by atoms with van der Waals surface area (Å²) >= 11 is 5.18. The second-order valence-electron chi connectivity index (χ2n) is 3.74. The van der Waals surface area contributed by atoms with E-state index < -0.39 is 0 Å². The molecule has 0 bridgehead atoms. The standard InChI is InChI=1S/C11H15N5S/c1-12-14-11(17)16-8-6-15(7-9-16)10-4-2-3-5-13-10/h2-5H,1,6-9H2,(H,14,17). The fraction of sp³-hybridized carbons (Fsp3) is 0.364. The Labute approximate surface area is 106 Å². The molecule has 2 heterocycles. The third-order valence-electron chi connectivity index (χ3n) is 2.71. The first-order valence-electron chi connectivity index (χ1n) is 5.48. The van der Waals surface area contributed by atoms with E-state index in [2.05, 4.69) is 32.0 Å². The summed E-state index contributed by atoms with van der Waals surface area (Å²) < 4.78 is 0. The smallest absolute Gasteiger partial charge is 0.189 e. The van der Waals surface area contributed by atoms with Crippen molar-refractivity contribution in [2.75, 3.05) is 31.1 Å². The van der Waals surface area contributed by atoms with E-state index in [-0.39, 0.29) is 0 Å². The van der Waals surface area contributed by atoms with Gasteiger partial charge in [0.05, 0.1) is 0 Å². The van der Waals surface area contributed by atoms with Crippen LogP contribution in [0.2, 0.25) is 0 Å². The maximum atomic E-state index is 5.18. The number of hydrogen-bond acceptors (Lipinski definition) is 4. The number of aromatic nitrogens is 1. The minimum absolute atomic E-state index is 0.640. The minimum Gasteiger partial charge on any atom is -0.353 e. The Morgan fingerprint density at radius 2 is 2.12 bits per heavy atom. The van der Waals surface area contributed by atoms with Gasteiger partial charge in [0, 0.05) is 39.1 Å². The van der Waals surface area contributed by atoms with Crippen molar-refractivity contribution in [3.63, 3.8) is 0 Å². The molecule has 1 aromatic heterocycles. The average molecular weight is 249 g/mol. The summed E-state index contributed by atoms with van der Waals surface area (Å²) in [5, 5.41) is 4.22. The molecule has 17 heavy (non-hydrogen) atoms. The molecule has 0 aromatic carbocycles. The van der Waals surface area contributed by atoms with Crippen molar-refractivity contribution in [1.29, 1.82) is 0 Å². The van der Waals surface area contributed by atoms with Crippen LogP contribution in [-0.4, -0.2) is 47.9 Å². The van der Waals surface area contributed by atoms with Crippen LogP contribution in [0.15, 0.2) is 29.5 Å². The van der Waals surface area contributed by atoms with Crippen molar-refractivity contribution in [1.82, 2.24) is 15.3 Å². The van der Waals surface area contributed by atoms with Crippen LogP contribution < -0.4 is 10.3 Å². The highest BCUT2D eigenvalue weighted by Crippen LogP contribution is 2.12. The molecule has 1 aliphatic heterocycles. The number of hydrazone groups is 1. The first kappa shape index (κ1) is 11.8. The number of nitrogens with zero attached hydrogens (tertiary/aromatic N) is 4. The molecule has 0 spiro atoms. The zero-order valence-corrected chi connectivity index (χ0v) is 10.4. The molecule has 6 heteroatoms. The number of thiocarbonyl (C=S) groups is 1. The van der Waals surface area contributed by atoms with Gasteiger partial charge in [0.15, 0.2) is 5.11 Å². The minimum atomic E-state index is 0.640. The summed E-state index contributed by atoms with van der Waals surface area (Å²) in [6.07, 6.45) is 1.82. The van der Waals surface area contributed by atoms with E-state index >= 15 is 0 Å². The summed E-state index contributed by atoms with van der Waals surface area (Å²) in [6.45, 7) is 6.93. The maximum absolute atomic E-state index is 5.18. The van der Waals surface area contributed by atoms with Gasteiger partial charge < -0.3 is 9.80 Å². The Kier molecular flexibility index (Phi) is 3.87. The number of rotatable bonds is 2. The fourth-order valence-corrected chi connectivity index (χ4v) is 2.06. The van der Waals surface area contributed by atoms with E-state index in [1.165, 1.54) is 0 Å². The third kappa shape index (κ3) is 2.91. The first-order chi connectivity index (χ1) is 8.31. The molecule has 90 valence electrons. The van der Waals surface area contributed by atoms with Crippen molar-refractivity contribution in [3.8, 4) is 0 Å². The van der Waals surface area contributed by atoms with E-state index in [0.29, 0.717) is 5.11 Å². The second kappa shape index (κ2) is 5.58. The summed E-state index contributed by atoms with van der Waals surface area (Å²) in [4.78, 5) is 8.68. The molecule has 0 saturated carbocycles. The SMILES string of the molecule is C=NNC(=S)N1CCN(c2ccccn2)CC1. The van der Waals surface area contributed by atoms with Gasteiger partial charge in [0.25, 0.3) is 0 Å². The molecule has 5 nitrogen and oxygen atoms in total. The normalized spacial score (nSPS) is 15.5. The molecular formula is C11H15N5S. The van der Waals surface area contributed by atoms with Crippen LogP contribution in [0.25, 0.3) is 0 Å². The molecule has 1 N–H and O–H groups in total. The van der Waals surface area contributed by atoms with Gasteiger partial charge in [-0.15, -0.1) is 0 Å². The fourth-order valence-electron chi connectivity index (χ4n) is 1.82. The van der Waals surface area contributed by atoms with Gasteiger partial charge in [-0.05, 0) is 24.4 Å². The summed E-state index contributed by atoms with van der Waals surface area (Å²) in [5.74, 6) is 1.02. The summed E-state index contributed by atoms with van der Waals surface area (Å²) in [5.41, 5.74) is 2.71. The van der Waals surface area contributed by atoms with Crippen LogP contribution >= 0.6 is 12.2 Å². The first-order valence-corrected chi connectivity index (χ1v) is 5.88. The van der Waals surface area contributed by atoms with Gasteiger partial charge in [-0.3, -0.25) is 5.43 Å². The highest BCUT2D eigenvalue weighted by molar-refractivity contribution is 7.80. The van der Waals surface area contributed by atoms with E-state index in [1.807, 2.05) is 24.4 Å². The molecule has 0 unspecified atom stereocenters. The lowest BCUT2D eigenvalue weighted by molar-refractivity contribution is 0.380. The average Bonchev–Trinajstić information content (AvgIpc) is 2.40. The highest BCUT2D eigenvalue weighted by Gasteiger charge is 2.19. The highest BCUT2D eigenvalue weighted by atomic mass is 32.1. The topological polar surface area (TPSA) is 43.8 Å². The molecule has 0 amide bonds. The van der Waals surface area contributed by atoms with E-state index in [9.17, 15) is 0 Å². The van der Waals surface area contributed by atoms with Crippen molar-refractivity contribution in [2.45, 2.75) is 0 Å². The number of nitrogens with one attached hydrogen (secondary N) is 1. The molecular weight excluding hydrogens is 234 g/mol. The maximum Gasteiger partial charge on any atom is 0.189 e. The number of pyridine rings is 1. The number of anilines is 1. The molecule has 2 rings (SSSR count). The lowest BCUT2D eigenvalue weighted by Crippen LogP contribution is -2.51. The third-order valence-corrected chi connectivity index (χ3v) is 3.06. The van der Waals surface area contributed by atoms with Crippen LogP contribution in [0.1, 0.15) is 0 Å². The largest absolute Gasteiger partial charge is 0.353 e. The van der Waals surface area contributed by atoms with Gasteiger partial charge in [0.2, 0.25) is 0 Å². The quantitative estimate of drug-likeness (QED) is 0.475. The van der Waals surface area contributed by atoms with Crippen LogP contribution in [-0.2, 0) is 0 Å². The van der Waals surface area contributed by atoms with Crippen molar-refractivity contribution < 1.29 is 0 Å². The molecule has 1 saturated heterocycles. The van der Waals surface area contributed by atoms with Crippen LogP contribution in [0.3, 0.4) is 0 Å².